The lowest BCUT2D eigenvalue weighted by molar-refractivity contribution is -0.118. The summed E-state index contributed by atoms with van der Waals surface area (Å²) in [6, 6.07) is 19.6. The molecule has 7 heteroatoms. The number of halogens is 2. The maximum absolute atomic E-state index is 12.9. The van der Waals surface area contributed by atoms with E-state index in [4.69, 9.17) is 11.6 Å². The number of benzene rings is 2. The van der Waals surface area contributed by atoms with Crippen molar-refractivity contribution >= 4 is 63.5 Å². The Kier molecular flexibility index (Phi) is 6.78. The number of pyridine rings is 1. The minimum atomic E-state index is -0.547. The third-order valence-electron chi connectivity index (χ3n) is 3.73. The molecule has 140 valence electrons. The van der Waals surface area contributed by atoms with Crippen LogP contribution in [0.3, 0.4) is 0 Å². The lowest BCUT2D eigenvalue weighted by Crippen LogP contribution is -2.25. The Morgan fingerprint density at radius 3 is 2.29 bits per heavy atom. The first-order chi connectivity index (χ1) is 13.5. The van der Waals surface area contributed by atoms with Crippen LogP contribution >= 0.6 is 34.2 Å². The van der Waals surface area contributed by atoms with Crippen LogP contribution < -0.4 is 10.6 Å². The topological polar surface area (TPSA) is 71.1 Å². The van der Waals surface area contributed by atoms with E-state index in [2.05, 4.69) is 38.2 Å². The largest absolute Gasteiger partial charge is 0.322 e. The number of hydrogen-bond acceptors (Lipinski definition) is 3. The van der Waals surface area contributed by atoms with Gasteiger partial charge in [0.1, 0.15) is 10.7 Å². The summed E-state index contributed by atoms with van der Waals surface area (Å²) < 4.78 is 0.857. The van der Waals surface area contributed by atoms with Crippen LogP contribution in [0.2, 0.25) is 5.15 Å². The van der Waals surface area contributed by atoms with Crippen molar-refractivity contribution < 1.29 is 9.59 Å². The Labute approximate surface area is 181 Å². The summed E-state index contributed by atoms with van der Waals surface area (Å²) in [7, 11) is 0. The predicted molar refractivity (Wildman–Crippen MR) is 120 cm³/mol. The van der Waals surface area contributed by atoms with Gasteiger partial charge in [-0.2, -0.15) is 0 Å². The maximum atomic E-state index is 12.9. The lowest BCUT2D eigenvalue weighted by Gasteiger charge is -2.11. The van der Waals surface area contributed by atoms with Crippen molar-refractivity contribution in [3.63, 3.8) is 0 Å². The Balaban J connectivity index is 1.94. The second-order valence-electron chi connectivity index (χ2n) is 5.70. The number of rotatable bonds is 5. The quantitative estimate of drug-likeness (QED) is 0.169. The van der Waals surface area contributed by atoms with E-state index in [0.717, 1.165) is 3.57 Å². The molecule has 0 spiro atoms. The van der Waals surface area contributed by atoms with E-state index in [-0.39, 0.29) is 10.7 Å². The molecule has 0 aliphatic carbocycles. The Morgan fingerprint density at radius 1 is 0.893 bits per heavy atom. The van der Waals surface area contributed by atoms with Gasteiger partial charge in [-0.15, -0.1) is 0 Å². The predicted octanol–water partition coefficient (Wildman–Crippen LogP) is 5.00. The molecule has 0 unspecified atom stereocenters. The van der Waals surface area contributed by atoms with Crippen LogP contribution in [0.5, 0.6) is 0 Å². The van der Waals surface area contributed by atoms with Crippen molar-refractivity contribution in [2.45, 2.75) is 0 Å². The lowest BCUT2D eigenvalue weighted by atomic mass is 10.1. The zero-order chi connectivity index (χ0) is 19.9. The molecule has 0 fully saturated rings. The third kappa shape index (κ3) is 5.17. The molecule has 0 bridgehead atoms. The number of nitrogens with one attached hydrogen (secondary N) is 2. The molecular weight excluding hydrogens is 489 g/mol. The second kappa shape index (κ2) is 9.48. The van der Waals surface area contributed by atoms with Gasteiger partial charge in [-0.25, -0.2) is 4.98 Å². The molecule has 1 heterocycles. The number of nitrogens with zero attached hydrogens (tertiary/aromatic N) is 1. The molecule has 3 aromatic rings. The summed E-state index contributed by atoms with van der Waals surface area (Å²) in [4.78, 5) is 29.7. The van der Waals surface area contributed by atoms with E-state index in [1.54, 1.807) is 42.5 Å². The first-order valence-electron chi connectivity index (χ1n) is 8.29. The molecule has 0 atom stereocenters. The van der Waals surface area contributed by atoms with E-state index >= 15 is 0 Å². The summed E-state index contributed by atoms with van der Waals surface area (Å²) in [6.45, 7) is 0. The van der Waals surface area contributed by atoms with Crippen LogP contribution in [-0.2, 0) is 9.59 Å². The van der Waals surface area contributed by atoms with Gasteiger partial charge in [0.15, 0.2) is 0 Å². The number of carbonyl (C=O) groups is 2. The minimum Gasteiger partial charge on any atom is -0.322 e. The van der Waals surface area contributed by atoms with Crippen LogP contribution in [0.4, 0.5) is 11.4 Å². The van der Waals surface area contributed by atoms with Crippen molar-refractivity contribution in [3.8, 4) is 0 Å². The molecule has 2 amide bonds. The van der Waals surface area contributed by atoms with Crippen molar-refractivity contribution in [2.75, 3.05) is 10.6 Å². The van der Waals surface area contributed by atoms with Crippen molar-refractivity contribution in [1.82, 2.24) is 4.98 Å². The third-order valence-corrected chi connectivity index (χ3v) is 4.99. The molecule has 28 heavy (non-hydrogen) atoms. The minimum absolute atomic E-state index is 0.0848. The molecule has 0 saturated heterocycles. The fourth-order valence-corrected chi connectivity index (χ4v) is 3.06. The maximum Gasteiger partial charge on any atom is 0.261 e. The van der Waals surface area contributed by atoms with Gasteiger partial charge in [0.05, 0.1) is 5.69 Å². The highest BCUT2D eigenvalue weighted by molar-refractivity contribution is 14.1. The fraction of sp³-hybridized carbons (Fsp3) is 0. The zero-order valence-electron chi connectivity index (χ0n) is 14.5. The van der Waals surface area contributed by atoms with Gasteiger partial charge in [-0.1, -0.05) is 48.0 Å². The summed E-state index contributed by atoms with van der Waals surface area (Å²) in [5.41, 5.74) is 1.58. The van der Waals surface area contributed by atoms with E-state index in [1.165, 1.54) is 12.3 Å². The van der Waals surface area contributed by atoms with Gasteiger partial charge in [-0.05, 0) is 59.0 Å². The molecule has 0 radical (unpaired) electrons. The molecule has 0 saturated carbocycles. The summed E-state index contributed by atoms with van der Waals surface area (Å²) >= 11 is 8.22. The molecule has 2 aromatic carbocycles. The van der Waals surface area contributed by atoms with E-state index < -0.39 is 11.8 Å². The highest BCUT2D eigenvalue weighted by atomic mass is 127. The fourth-order valence-electron chi connectivity index (χ4n) is 2.37. The van der Waals surface area contributed by atoms with Gasteiger partial charge in [0.2, 0.25) is 0 Å². The van der Waals surface area contributed by atoms with Crippen LogP contribution in [0.1, 0.15) is 5.56 Å². The first kappa shape index (κ1) is 20.0. The summed E-state index contributed by atoms with van der Waals surface area (Å²) in [5, 5.41) is 5.71. The first-order valence-corrected chi connectivity index (χ1v) is 9.75. The molecule has 0 aliphatic heterocycles. The highest BCUT2D eigenvalue weighted by Crippen LogP contribution is 2.21. The van der Waals surface area contributed by atoms with Crippen LogP contribution in [-0.4, -0.2) is 16.8 Å². The Hall–Kier alpha value is -2.71. The number of para-hydroxylation sites is 2. The van der Waals surface area contributed by atoms with Crippen molar-refractivity contribution in [1.29, 1.82) is 0 Å². The monoisotopic (exact) mass is 503 g/mol. The number of aromatic nitrogens is 1. The molecule has 0 aliphatic rings. The van der Waals surface area contributed by atoms with Gasteiger partial charge < -0.3 is 10.6 Å². The van der Waals surface area contributed by atoms with Gasteiger partial charge in [0.25, 0.3) is 11.8 Å². The van der Waals surface area contributed by atoms with Crippen molar-refractivity contribution in [3.05, 3.63) is 92.8 Å². The van der Waals surface area contributed by atoms with E-state index in [9.17, 15) is 9.59 Å². The number of carbonyl (C=O) groups excluding carboxylic acids is 2. The average Bonchev–Trinajstić information content (AvgIpc) is 2.69. The summed E-state index contributed by atoms with van der Waals surface area (Å²) in [6.07, 6.45) is 2.97. The standard InChI is InChI=1S/C21H15ClIN3O2/c22-19-14(7-6-12-24-19)13-16(20(27)25-15-8-2-1-3-9-15)21(28)26-18-11-5-4-10-17(18)23/h1-13H,(H,25,27)(H,26,28)/b16-13-. The Bertz CT molecular complexity index is 1040. The SMILES string of the molecule is O=C(Nc1ccccc1)/C(=C/c1cccnc1Cl)C(=O)Nc1ccccc1I. The van der Waals surface area contributed by atoms with E-state index in [0.29, 0.717) is 16.9 Å². The van der Waals surface area contributed by atoms with Crippen molar-refractivity contribution in [2.24, 2.45) is 0 Å². The van der Waals surface area contributed by atoms with Gasteiger partial charge >= 0.3 is 0 Å². The van der Waals surface area contributed by atoms with Crippen LogP contribution in [0.15, 0.2) is 78.5 Å². The summed E-state index contributed by atoms with van der Waals surface area (Å²) in [5.74, 6) is -1.09. The molecule has 1 aromatic heterocycles. The number of anilines is 2. The smallest absolute Gasteiger partial charge is 0.261 e. The average molecular weight is 504 g/mol. The van der Waals surface area contributed by atoms with Gasteiger partial charge in [-0.3, -0.25) is 9.59 Å². The number of amides is 2. The molecule has 2 N–H and O–H groups in total. The van der Waals surface area contributed by atoms with Crippen LogP contribution in [0.25, 0.3) is 6.08 Å². The van der Waals surface area contributed by atoms with E-state index in [1.807, 2.05) is 24.3 Å². The zero-order valence-corrected chi connectivity index (χ0v) is 17.4. The second-order valence-corrected chi connectivity index (χ2v) is 7.22. The molecule has 3 rings (SSSR count). The van der Waals surface area contributed by atoms with Gasteiger partial charge in [0, 0.05) is 21.0 Å². The highest BCUT2D eigenvalue weighted by Gasteiger charge is 2.20. The van der Waals surface area contributed by atoms with Crippen LogP contribution in [0, 0.1) is 3.57 Å². The molecule has 5 nitrogen and oxygen atoms in total. The molecular formula is C21H15ClIN3O2. The number of hydrogen-bond donors (Lipinski definition) is 2. The normalized spacial score (nSPS) is 11.0. The Morgan fingerprint density at radius 2 is 1.57 bits per heavy atom.